The minimum atomic E-state index is 0.383. The first-order valence-electron chi connectivity index (χ1n) is 6.80. The molecule has 1 heteroatoms. The second-order valence-corrected chi connectivity index (χ2v) is 5.55. The summed E-state index contributed by atoms with van der Waals surface area (Å²) in [4.78, 5) is 0. The fraction of sp³-hybridized carbons (Fsp3) is 0.867. The zero-order valence-electron chi connectivity index (χ0n) is 11.1. The van der Waals surface area contributed by atoms with Crippen LogP contribution in [0.3, 0.4) is 0 Å². The molecular weight excluding hydrogens is 194 g/mol. The molecule has 2 N–H and O–H groups in total. The minimum absolute atomic E-state index is 0.383. The van der Waals surface area contributed by atoms with Crippen LogP contribution in [-0.2, 0) is 0 Å². The van der Waals surface area contributed by atoms with E-state index in [1.165, 1.54) is 25.7 Å². The summed E-state index contributed by atoms with van der Waals surface area (Å²) in [5.74, 6) is 8.61. The molecule has 1 fully saturated rings. The van der Waals surface area contributed by atoms with Gasteiger partial charge in [0.05, 0.1) is 0 Å². The first-order valence-corrected chi connectivity index (χ1v) is 6.80. The van der Waals surface area contributed by atoms with E-state index in [2.05, 4.69) is 25.7 Å². The van der Waals surface area contributed by atoms with Crippen LogP contribution < -0.4 is 5.73 Å². The molecular formula is C15H27N. The highest BCUT2D eigenvalue weighted by Gasteiger charge is 2.26. The zero-order chi connectivity index (χ0) is 12.0. The van der Waals surface area contributed by atoms with E-state index in [0.29, 0.717) is 6.04 Å². The molecule has 0 aromatic carbocycles. The summed E-state index contributed by atoms with van der Waals surface area (Å²) in [5, 5.41) is 0. The monoisotopic (exact) mass is 221 g/mol. The minimum Gasteiger partial charge on any atom is -0.327 e. The van der Waals surface area contributed by atoms with Crippen molar-refractivity contribution in [3.63, 3.8) is 0 Å². The van der Waals surface area contributed by atoms with Gasteiger partial charge in [-0.05, 0) is 56.8 Å². The fourth-order valence-electron chi connectivity index (χ4n) is 2.84. The normalized spacial score (nSPS) is 27.3. The fourth-order valence-corrected chi connectivity index (χ4v) is 2.84. The van der Waals surface area contributed by atoms with Gasteiger partial charge < -0.3 is 5.73 Å². The van der Waals surface area contributed by atoms with Gasteiger partial charge in [0, 0.05) is 12.5 Å². The Morgan fingerprint density at radius 1 is 1.12 bits per heavy atom. The summed E-state index contributed by atoms with van der Waals surface area (Å²) in [6.07, 6.45) is 7.50. The summed E-state index contributed by atoms with van der Waals surface area (Å²) in [6, 6.07) is 0.383. The smallest absolute Gasteiger partial charge is 0.0103 e. The molecule has 0 aromatic rings. The molecule has 0 radical (unpaired) electrons. The molecule has 0 saturated heterocycles. The van der Waals surface area contributed by atoms with Gasteiger partial charge in [-0.25, -0.2) is 0 Å². The lowest BCUT2D eigenvalue weighted by Crippen LogP contribution is -2.33. The first-order chi connectivity index (χ1) is 7.65. The van der Waals surface area contributed by atoms with Gasteiger partial charge in [0.1, 0.15) is 0 Å². The van der Waals surface area contributed by atoms with E-state index >= 15 is 0 Å². The third-order valence-corrected chi connectivity index (χ3v) is 4.14. The van der Waals surface area contributed by atoms with E-state index in [9.17, 15) is 0 Å². The van der Waals surface area contributed by atoms with E-state index in [1.807, 2.05) is 6.92 Å². The molecule has 0 spiro atoms. The average molecular weight is 221 g/mol. The van der Waals surface area contributed by atoms with Gasteiger partial charge in [-0.1, -0.05) is 13.8 Å². The van der Waals surface area contributed by atoms with Gasteiger partial charge in [-0.3, -0.25) is 0 Å². The van der Waals surface area contributed by atoms with E-state index in [-0.39, 0.29) is 0 Å². The van der Waals surface area contributed by atoms with Crippen molar-refractivity contribution in [2.24, 2.45) is 23.5 Å². The topological polar surface area (TPSA) is 26.0 Å². The van der Waals surface area contributed by atoms with Crippen molar-refractivity contribution in [1.29, 1.82) is 0 Å². The lowest BCUT2D eigenvalue weighted by molar-refractivity contribution is 0.200. The highest BCUT2D eigenvalue weighted by atomic mass is 14.6. The standard InChI is InChI=1S/C15H27N/c1-4-5-6-7-15(16)14-10-8-13(9-11-14)12(2)3/h12-15H,6-11,16H2,1-3H3. The van der Waals surface area contributed by atoms with Crippen LogP contribution in [-0.4, -0.2) is 6.04 Å². The van der Waals surface area contributed by atoms with Crippen molar-refractivity contribution >= 4 is 0 Å². The Balaban J connectivity index is 2.26. The Bertz CT molecular complexity index is 238. The molecule has 1 saturated carbocycles. The molecule has 1 atom stereocenters. The zero-order valence-corrected chi connectivity index (χ0v) is 11.1. The predicted octanol–water partition coefficient (Wildman–Crippen LogP) is 3.58. The largest absolute Gasteiger partial charge is 0.327 e. The Kier molecular flexibility index (Phi) is 5.91. The molecule has 16 heavy (non-hydrogen) atoms. The highest BCUT2D eigenvalue weighted by molar-refractivity contribution is 4.96. The Labute approximate surface area is 101 Å². The molecule has 1 rings (SSSR count). The molecule has 1 aliphatic rings. The van der Waals surface area contributed by atoms with Gasteiger partial charge in [0.2, 0.25) is 0 Å². The highest BCUT2D eigenvalue weighted by Crippen LogP contribution is 2.34. The molecule has 0 bridgehead atoms. The molecule has 92 valence electrons. The summed E-state index contributed by atoms with van der Waals surface area (Å²) in [5.41, 5.74) is 6.24. The third kappa shape index (κ3) is 4.18. The lowest BCUT2D eigenvalue weighted by atomic mass is 9.74. The van der Waals surface area contributed by atoms with E-state index in [0.717, 1.165) is 30.6 Å². The van der Waals surface area contributed by atoms with Crippen molar-refractivity contribution in [2.45, 2.75) is 65.3 Å². The van der Waals surface area contributed by atoms with Crippen LogP contribution in [0.15, 0.2) is 0 Å². The summed E-state index contributed by atoms with van der Waals surface area (Å²) < 4.78 is 0. The van der Waals surface area contributed by atoms with Gasteiger partial charge in [-0.2, -0.15) is 0 Å². The molecule has 1 unspecified atom stereocenters. The van der Waals surface area contributed by atoms with E-state index < -0.39 is 0 Å². The van der Waals surface area contributed by atoms with Gasteiger partial charge in [0.15, 0.2) is 0 Å². The van der Waals surface area contributed by atoms with Crippen molar-refractivity contribution in [3.05, 3.63) is 0 Å². The molecule has 1 aliphatic carbocycles. The van der Waals surface area contributed by atoms with Crippen LogP contribution in [0.25, 0.3) is 0 Å². The Morgan fingerprint density at radius 2 is 1.69 bits per heavy atom. The van der Waals surface area contributed by atoms with Crippen LogP contribution >= 0.6 is 0 Å². The van der Waals surface area contributed by atoms with Crippen LogP contribution in [0.4, 0.5) is 0 Å². The SMILES string of the molecule is CC#CCCC(N)C1CCC(C(C)C)CC1. The van der Waals surface area contributed by atoms with E-state index in [4.69, 9.17) is 5.73 Å². The molecule has 0 aromatic heterocycles. The van der Waals surface area contributed by atoms with Crippen LogP contribution in [0.5, 0.6) is 0 Å². The summed E-state index contributed by atoms with van der Waals surface area (Å²) in [7, 11) is 0. The third-order valence-electron chi connectivity index (χ3n) is 4.14. The Hall–Kier alpha value is -0.480. The predicted molar refractivity (Wildman–Crippen MR) is 70.9 cm³/mol. The van der Waals surface area contributed by atoms with Crippen LogP contribution in [0.2, 0.25) is 0 Å². The van der Waals surface area contributed by atoms with E-state index in [1.54, 1.807) is 0 Å². The Morgan fingerprint density at radius 3 is 2.19 bits per heavy atom. The lowest BCUT2D eigenvalue weighted by Gasteiger charge is -2.33. The maximum atomic E-state index is 6.24. The number of hydrogen-bond donors (Lipinski definition) is 1. The number of hydrogen-bond acceptors (Lipinski definition) is 1. The maximum Gasteiger partial charge on any atom is 0.0103 e. The quantitative estimate of drug-likeness (QED) is 0.721. The molecule has 1 nitrogen and oxygen atoms in total. The first kappa shape index (κ1) is 13.6. The van der Waals surface area contributed by atoms with Crippen LogP contribution in [0.1, 0.15) is 59.3 Å². The van der Waals surface area contributed by atoms with Crippen molar-refractivity contribution in [1.82, 2.24) is 0 Å². The average Bonchev–Trinajstić information content (AvgIpc) is 2.29. The molecule has 0 aliphatic heterocycles. The summed E-state index contributed by atoms with van der Waals surface area (Å²) >= 11 is 0. The maximum absolute atomic E-state index is 6.24. The summed E-state index contributed by atoms with van der Waals surface area (Å²) in [6.45, 7) is 6.60. The number of nitrogens with two attached hydrogens (primary N) is 1. The van der Waals surface area contributed by atoms with Crippen molar-refractivity contribution in [3.8, 4) is 11.8 Å². The van der Waals surface area contributed by atoms with Crippen LogP contribution in [0, 0.1) is 29.6 Å². The van der Waals surface area contributed by atoms with Gasteiger partial charge in [0.25, 0.3) is 0 Å². The second kappa shape index (κ2) is 6.97. The molecule has 0 amide bonds. The molecule has 0 heterocycles. The number of rotatable bonds is 4. The van der Waals surface area contributed by atoms with Crippen molar-refractivity contribution < 1.29 is 0 Å². The van der Waals surface area contributed by atoms with Gasteiger partial charge in [-0.15, -0.1) is 11.8 Å². The van der Waals surface area contributed by atoms with Gasteiger partial charge >= 0.3 is 0 Å². The van der Waals surface area contributed by atoms with Crippen molar-refractivity contribution in [2.75, 3.05) is 0 Å². The second-order valence-electron chi connectivity index (χ2n) is 5.55.